The van der Waals surface area contributed by atoms with Gasteiger partial charge < -0.3 is 14.7 Å². The summed E-state index contributed by atoms with van der Waals surface area (Å²) in [4.78, 5) is 12.9. The van der Waals surface area contributed by atoms with Crippen molar-refractivity contribution in [2.24, 2.45) is 5.92 Å². The highest BCUT2D eigenvalue weighted by Crippen LogP contribution is 2.15. The van der Waals surface area contributed by atoms with Gasteiger partial charge in [0.1, 0.15) is 6.61 Å². The summed E-state index contributed by atoms with van der Waals surface area (Å²) in [5.41, 5.74) is 0. The number of carbonyl (C=O) groups is 1. The highest BCUT2D eigenvalue weighted by Gasteiger charge is 2.26. The average Bonchev–Trinajstić information content (AvgIpc) is 2.62. The van der Waals surface area contributed by atoms with E-state index >= 15 is 0 Å². The fourth-order valence-corrected chi connectivity index (χ4v) is 1.37. The Kier molecular flexibility index (Phi) is 3.76. The molecular weight excluding hydrogens is 170 g/mol. The highest BCUT2D eigenvalue weighted by molar-refractivity contribution is 5.68. The van der Waals surface area contributed by atoms with Crippen LogP contribution in [0.4, 0.5) is 4.79 Å². The molecular formula is C9H15NO3. The summed E-state index contributed by atoms with van der Waals surface area (Å²) in [6.07, 6.45) is 2.09. The summed E-state index contributed by atoms with van der Waals surface area (Å²) < 4.78 is 4.86. The van der Waals surface area contributed by atoms with Crippen molar-refractivity contribution in [3.63, 3.8) is 0 Å². The maximum atomic E-state index is 11.2. The Labute approximate surface area is 77.8 Å². The monoisotopic (exact) mass is 185 g/mol. The zero-order valence-electron chi connectivity index (χ0n) is 7.61. The minimum Gasteiger partial charge on any atom is -0.445 e. The van der Waals surface area contributed by atoms with E-state index in [0.29, 0.717) is 13.1 Å². The zero-order valence-corrected chi connectivity index (χ0v) is 7.61. The number of aliphatic hydroxyl groups excluding tert-OH is 1. The van der Waals surface area contributed by atoms with Crippen molar-refractivity contribution in [2.75, 3.05) is 26.3 Å². The summed E-state index contributed by atoms with van der Waals surface area (Å²) in [5, 5.41) is 8.85. The minimum atomic E-state index is -0.309. The largest absolute Gasteiger partial charge is 0.445 e. The van der Waals surface area contributed by atoms with Crippen LogP contribution in [-0.4, -0.2) is 42.4 Å². The molecule has 1 unspecified atom stereocenters. The predicted octanol–water partition coefficient (Wildman–Crippen LogP) is 0.623. The smallest absolute Gasteiger partial charge is 0.410 e. The van der Waals surface area contributed by atoms with Gasteiger partial charge >= 0.3 is 6.09 Å². The van der Waals surface area contributed by atoms with Crippen molar-refractivity contribution < 1.29 is 14.6 Å². The van der Waals surface area contributed by atoms with Crippen LogP contribution in [0.25, 0.3) is 0 Å². The summed E-state index contributed by atoms with van der Waals surface area (Å²) in [6, 6.07) is 0. The van der Waals surface area contributed by atoms with E-state index < -0.39 is 0 Å². The van der Waals surface area contributed by atoms with Gasteiger partial charge in [-0.1, -0.05) is 12.7 Å². The van der Waals surface area contributed by atoms with Gasteiger partial charge in [0, 0.05) is 25.6 Å². The number of amides is 1. The lowest BCUT2D eigenvalue weighted by Gasteiger charge is -2.14. The van der Waals surface area contributed by atoms with Crippen LogP contribution in [0.3, 0.4) is 0 Å². The molecule has 0 radical (unpaired) electrons. The molecule has 1 amide bonds. The number of carbonyl (C=O) groups excluding carboxylic acids is 1. The molecule has 0 spiro atoms. The Hall–Kier alpha value is -1.03. The van der Waals surface area contributed by atoms with Crippen LogP contribution < -0.4 is 0 Å². The van der Waals surface area contributed by atoms with E-state index in [2.05, 4.69) is 6.58 Å². The number of aliphatic hydroxyl groups is 1. The van der Waals surface area contributed by atoms with Crippen LogP contribution in [0.1, 0.15) is 6.42 Å². The van der Waals surface area contributed by atoms with Crippen LogP contribution in [-0.2, 0) is 4.74 Å². The quantitative estimate of drug-likeness (QED) is 0.656. The second kappa shape index (κ2) is 4.87. The van der Waals surface area contributed by atoms with E-state index in [1.54, 1.807) is 4.90 Å². The first-order chi connectivity index (χ1) is 6.27. The van der Waals surface area contributed by atoms with Gasteiger partial charge in [-0.2, -0.15) is 0 Å². The van der Waals surface area contributed by atoms with Crippen molar-refractivity contribution in [1.82, 2.24) is 4.90 Å². The number of hydrogen-bond acceptors (Lipinski definition) is 3. The molecule has 0 aromatic rings. The van der Waals surface area contributed by atoms with Gasteiger partial charge in [0.05, 0.1) is 0 Å². The van der Waals surface area contributed by atoms with Gasteiger partial charge in [0.25, 0.3) is 0 Å². The molecule has 1 heterocycles. The Morgan fingerprint density at radius 1 is 1.77 bits per heavy atom. The van der Waals surface area contributed by atoms with Gasteiger partial charge in [0.2, 0.25) is 0 Å². The van der Waals surface area contributed by atoms with Crippen LogP contribution in [0.15, 0.2) is 12.7 Å². The molecule has 0 aromatic carbocycles. The molecule has 1 aliphatic rings. The Balaban J connectivity index is 2.28. The maximum absolute atomic E-state index is 11.2. The molecule has 4 nitrogen and oxygen atoms in total. The average molecular weight is 185 g/mol. The summed E-state index contributed by atoms with van der Waals surface area (Å²) >= 11 is 0. The lowest BCUT2D eigenvalue weighted by Crippen LogP contribution is -2.29. The summed E-state index contributed by atoms with van der Waals surface area (Å²) in [6.45, 7) is 5.13. The highest BCUT2D eigenvalue weighted by atomic mass is 16.6. The molecule has 0 aliphatic carbocycles. The number of rotatable bonds is 3. The lowest BCUT2D eigenvalue weighted by atomic mass is 10.1. The molecule has 0 saturated carbocycles. The summed E-state index contributed by atoms with van der Waals surface area (Å²) in [5.74, 6) is 0.219. The first kappa shape index (κ1) is 10.1. The molecule has 1 N–H and O–H groups in total. The Morgan fingerprint density at radius 3 is 3.08 bits per heavy atom. The van der Waals surface area contributed by atoms with Crippen LogP contribution in [0, 0.1) is 5.92 Å². The Morgan fingerprint density at radius 2 is 2.54 bits per heavy atom. The fourth-order valence-electron chi connectivity index (χ4n) is 1.37. The van der Waals surface area contributed by atoms with Crippen LogP contribution >= 0.6 is 0 Å². The standard InChI is InChI=1S/C9H15NO3/c1-2-5-13-9(12)10-4-3-8(6-10)7-11/h2,8,11H,1,3-7H2. The lowest BCUT2D eigenvalue weighted by molar-refractivity contribution is 0.118. The molecule has 4 heteroatoms. The Bertz CT molecular complexity index is 193. The third kappa shape index (κ3) is 2.73. The zero-order chi connectivity index (χ0) is 9.68. The van der Waals surface area contributed by atoms with Gasteiger partial charge in [-0.3, -0.25) is 0 Å². The normalized spacial score (nSPS) is 21.6. The molecule has 13 heavy (non-hydrogen) atoms. The van der Waals surface area contributed by atoms with Gasteiger partial charge in [-0.05, 0) is 6.42 Å². The van der Waals surface area contributed by atoms with Crippen molar-refractivity contribution in [3.05, 3.63) is 12.7 Å². The SMILES string of the molecule is C=CCOC(=O)N1CCC(CO)C1. The second-order valence-electron chi connectivity index (χ2n) is 3.15. The van der Waals surface area contributed by atoms with E-state index in [1.165, 1.54) is 6.08 Å². The van der Waals surface area contributed by atoms with E-state index in [4.69, 9.17) is 9.84 Å². The van der Waals surface area contributed by atoms with Crippen LogP contribution in [0.2, 0.25) is 0 Å². The molecule has 74 valence electrons. The van der Waals surface area contributed by atoms with Gasteiger partial charge in [0.15, 0.2) is 0 Å². The van der Waals surface area contributed by atoms with E-state index in [0.717, 1.165) is 6.42 Å². The molecule has 0 bridgehead atoms. The molecule has 1 saturated heterocycles. The minimum absolute atomic E-state index is 0.144. The number of nitrogens with zero attached hydrogens (tertiary/aromatic N) is 1. The maximum Gasteiger partial charge on any atom is 0.410 e. The van der Waals surface area contributed by atoms with Crippen molar-refractivity contribution in [1.29, 1.82) is 0 Å². The predicted molar refractivity (Wildman–Crippen MR) is 48.3 cm³/mol. The van der Waals surface area contributed by atoms with Gasteiger partial charge in [-0.25, -0.2) is 4.79 Å². The van der Waals surface area contributed by atoms with E-state index in [-0.39, 0.29) is 25.2 Å². The topological polar surface area (TPSA) is 49.8 Å². The molecule has 1 fully saturated rings. The molecule has 1 atom stereocenters. The number of likely N-dealkylation sites (tertiary alicyclic amines) is 1. The van der Waals surface area contributed by atoms with Gasteiger partial charge in [-0.15, -0.1) is 0 Å². The van der Waals surface area contributed by atoms with Crippen molar-refractivity contribution in [2.45, 2.75) is 6.42 Å². The van der Waals surface area contributed by atoms with E-state index in [1.807, 2.05) is 0 Å². The van der Waals surface area contributed by atoms with E-state index in [9.17, 15) is 4.79 Å². The molecule has 0 aromatic heterocycles. The second-order valence-corrected chi connectivity index (χ2v) is 3.15. The van der Waals surface area contributed by atoms with Crippen molar-refractivity contribution >= 4 is 6.09 Å². The number of hydrogen-bond donors (Lipinski definition) is 1. The summed E-state index contributed by atoms with van der Waals surface area (Å²) in [7, 11) is 0. The fraction of sp³-hybridized carbons (Fsp3) is 0.667. The third-order valence-electron chi connectivity index (χ3n) is 2.13. The van der Waals surface area contributed by atoms with Crippen LogP contribution in [0.5, 0.6) is 0 Å². The third-order valence-corrected chi connectivity index (χ3v) is 2.13. The molecule has 1 rings (SSSR count). The van der Waals surface area contributed by atoms with Crippen molar-refractivity contribution in [3.8, 4) is 0 Å². The first-order valence-corrected chi connectivity index (χ1v) is 4.41. The molecule has 1 aliphatic heterocycles. The number of ether oxygens (including phenoxy) is 1. The first-order valence-electron chi connectivity index (χ1n) is 4.41.